The average molecular weight is 338 g/mol. The van der Waals surface area contributed by atoms with Gasteiger partial charge < -0.3 is 5.73 Å². The molecule has 2 rings (SSSR count). The molecule has 1 amide bonds. The van der Waals surface area contributed by atoms with Gasteiger partial charge in [0.2, 0.25) is 5.91 Å². The van der Waals surface area contributed by atoms with Crippen molar-refractivity contribution in [3.05, 3.63) is 52.4 Å². The van der Waals surface area contributed by atoms with Gasteiger partial charge in [0.05, 0.1) is 0 Å². The lowest BCUT2D eigenvalue weighted by molar-refractivity contribution is 0.1000. The quantitative estimate of drug-likeness (QED) is 0.877. The number of primary amides is 1. The van der Waals surface area contributed by atoms with E-state index in [0.29, 0.717) is 9.77 Å². The number of nitrogens with two attached hydrogens (primary N) is 1. The summed E-state index contributed by atoms with van der Waals surface area (Å²) >= 11 is 1.29. The maximum atomic E-state index is 12.5. The van der Waals surface area contributed by atoms with E-state index in [1.165, 1.54) is 15.6 Å². The highest BCUT2D eigenvalue weighted by Gasteiger charge is 2.22. The second kappa shape index (κ2) is 6.60. The van der Waals surface area contributed by atoms with Crippen LogP contribution in [0.2, 0.25) is 0 Å². The fourth-order valence-corrected chi connectivity index (χ4v) is 4.62. The topological polar surface area (TPSA) is 80.5 Å². The number of sulfonamides is 1. The summed E-state index contributed by atoms with van der Waals surface area (Å²) in [5, 5.41) is 0. The van der Waals surface area contributed by atoms with Gasteiger partial charge in [0.25, 0.3) is 10.0 Å². The maximum Gasteiger partial charge on any atom is 0.252 e. The molecule has 0 bridgehead atoms. The first kappa shape index (κ1) is 16.7. The lowest BCUT2D eigenvalue weighted by Crippen LogP contribution is -2.25. The van der Waals surface area contributed by atoms with E-state index in [0.717, 1.165) is 16.9 Å². The highest BCUT2D eigenvalue weighted by atomic mass is 32.2. The van der Waals surface area contributed by atoms with Gasteiger partial charge in [-0.15, -0.1) is 11.3 Å². The van der Waals surface area contributed by atoms with Crippen LogP contribution in [0.4, 0.5) is 0 Å². The first-order chi connectivity index (χ1) is 10.3. The Morgan fingerprint density at radius 1 is 1.18 bits per heavy atom. The summed E-state index contributed by atoms with van der Waals surface area (Å²) in [7, 11) is -1.95. The van der Waals surface area contributed by atoms with E-state index in [1.54, 1.807) is 37.4 Å². The molecule has 2 N–H and O–H groups in total. The molecule has 1 aromatic carbocycles. The molecule has 0 saturated carbocycles. The SMILES string of the molecule is CCc1ccc(S(=O)(=O)N(C)Cc2ccc(C(N)=O)cc2)s1. The number of thiophene rings is 1. The predicted molar refractivity (Wildman–Crippen MR) is 87.3 cm³/mol. The molecule has 0 atom stereocenters. The number of benzene rings is 1. The molecule has 2 aromatic rings. The lowest BCUT2D eigenvalue weighted by atomic mass is 10.1. The first-order valence-electron chi connectivity index (χ1n) is 6.78. The number of nitrogens with zero attached hydrogens (tertiary/aromatic N) is 1. The van der Waals surface area contributed by atoms with Gasteiger partial charge in [0.1, 0.15) is 4.21 Å². The minimum atomic E-state index is -3.49. The smallest absolute Gasteiger partial charge is 0.252 e. The van der Waals surface area contributed by atoms with Gasteiger partial charge in [0, 0.05) is 24.0 Å². The maximum absolute atomic E-state index is 12.5. The zero-order valence-electron chi connectivity index (χ0n) is 12.4. The van der Waals surface area contributed by atoms with E-state index in [4.69, 9.17) is 5.73 Å². The van der Waals surface area contributed by atoms with Crippen molar-refractivity contribution in [3.63, 3.8) is 0 Å². The summed E-state index contributed by atoms with van der Waals surface area (Å²) in [5.74, 6) is -0.502. The van der Waals surface area contributed by atoms with Crippen molar-refractivity contribution in [1.82, 2.24) is 4.31 Å². The van der Waals surface area contributed by atoms with Crippen molar-refractivity contribution in [2.24, 2.45) is 5.73 Å². The largest absolute Gasteiger partial charge is 0.366 e. The molecule has 0 unspecified atom stereocenters. The van der Waals surface area contributed by atoms with Crippen LogP contribution in [0.15, 0.2) is 40.6 Å². The van der Waals surface area contributed by atoms with Crippen LogP contribution in [0, 0.1) is 0 Å². The standard InChI is InChI=1S/C15H18N2O3S2/c1-3-13-8-9-14(21-13)22(19,20)17(2)10-11-4-6-12(7-5-11)15(16)18/h4-9H,3,10H2,1-2H3,(H2,16,18). The van der Waals surface area contributed by atoms with E-state index in [2.05, 4.69) is 0 Å². The number of rotatable bonds is 6. The van der Waals surface area contributed by atoms with Gasteiger partial charge in [-0.1, -0.05) is 19.1 Å². The molecule has 0 fully saturated rings. The molecule has 118 valence electrons. The number of hydrogen-bond acceptors (Lipinski definition) is 4. The number of aryl methyl sites for hydroxylation is 1. The van der Waals surface area contributed by atoms with Crippen LogP contribution < -0.4 is 5.73 Å². The van der Waals surface area contributed by atoms with Crippen LogP contribution in [0.1, 0.15) is 27.7 Å². The molecule has 5 nitrogen and oxygen atoms in total. The van der Waals surface area contributed by atoms with Crippen LogP contribution in [-0.2, 0) is 23.0 Å². The van der Waals surface area contributed by atoms with Crippen molar-refractivity contribution >= 4 is 27.3 Å². The fourth-order valence-electron chi connectivity index (χ4n) is 1.96. The third-order valence-electron chi connectivity index (χ3n) is 3.29. The van der Waals surface area contributed by atoms with Gasteiger partial charge in [0.15, 0.2) is 0 Å². The Labute approximate surface area is 134 Å². The summed E-state index contributed by atoms with van der Waals surface area (Å²) < 4.78 is 26.7. The fraction of sp³-hybridized carbons (Fsp3) is 0.267. The van der Waals surface area contributed by atoms with Gasteiger partial charge in [-0.25, -0.2) is 8.42 Å². The molecule has 7 heteroatoms. The second-order valence-corrected chi connectivity index (χ2v) is 8.34. The molecule has 0 saturated heterocycles. The van der Waals surface area contributed by atoms with E-state index in [9.17, 15) is 13.2 Å². The van der Waals surface area contributed by atoms with Gasteiger partial charge in [-0.3, -0.25) is 4.79 Å². The zero-order valence-corrected chi connectivity index (χ0v) is 14.1. The van der Waals surface area contributed by atoms with Crippen LogP contribution in [0.3, 0.4) is 0 Å². The third kappa shape index (κ3) is 3.55. The van der Waals surface area contributed by atoms with Gasteiger partial charge in [-0.2, -0.15) is 4.31 Å². The Morgan fingerprint density at radius 2 is 1.82 bits per heavy atom. The summed E-state index contributed by atoms with van der Waals surface area (Å²) in [6.07, 6.45) is 0.818. The predicted octanol–water partition coefficient (Wildman–Crippen LogP) is 2.23. The van der Waals surface area contributed by atoms with E-state index in [-0.39, 0.29) is 6.54 Å². The molecule has 1 heterocycles. The zero-order chi connectivity index (χ0) is 16.3. The highest BCUT2D eigenvalue weighted by Crippen LogP contribution is 2.25. The van der Waals surface area contributed by atoms with Crippen LogP contribution in [0.25, 0.3) is 0 Å². The monoisotopic (exact) mass is 338 g/mol. The molecule has 1 aromatic heterocycles. The van der Waals surface area contributed by atoms with Crippen LogP contribution in [0.5, 0.6) is 0 Å². The lowest BCUT2D eigenvalue weighted by Gasteiger charge is -2.16. The van der Waals surface area contributed by atoms with Crippen molar-refractivity contribution < 1.29 is 13.2 Å². The van der Waals surface area contributed by atoms with E-state index in [1.807, 2.05) is 13.0 Å². The normalized spacial score (nSPS) is 11.8. The van der Waals surface area contributed by atoms with Gasteiger partial charge >= 0.3 is 0 Å². The van der Waals surface area contributed by atoms with E-state index >= 15 is 0 Å². The third-order valence-corrected chi connectivity index (χ3v) is 6.79. The van der Waals surface area contributed by atoms with Crippen molar-refractivity contribution in [2.75, 3.05) is 7.05 Å². The minimum Gasteiger partial charge on any atom is -0.366 e. The summed E-state index contributed by atoms with van der Waals surface area (Å²) in [6.45, 7) is 2.23. The summed E-state index contributed by atoms with van der Waals surface area (Å²) in [5.41, 5.74) is 6.38. The summed E-state index contributed by atoms with van der Waals surface area (Å²) in [6, 6.07) is 10.1. The Morgan fingerprint density at radius 3 is 2.32 bits per heavy atom. The van der Waals surface area contributed by atoms with Crippen LogP contribution in [-0.4, -0.2) is 25.7 Å². The Hall–Kier alpha value is -1.70. The molecule has 0 aliphatic carbocycles. The Kier molecular flexibility index (Phi) is 5.00. The highest BCUT2D eigenvalue weighted by molar-refractivity contribution is 7.91. The molecule has 0 spiro atoms. The number of carbonyl (C=O) groups is 1. The average Bonchev–Trinajstić information content (AvgIpc) is 2.97. The molecule has 0 radical (unpaired) electrons. The molecular weight excluding hydrogens is 320 g/mol. The summed E-state index contributed by atoms with van der Waals surface area (Å²) in [4.78, 5) is 12.1. The van der Waals surface area contributed by atoms with Crippen LogP contribution >= 0.6 is 11.3 Å². The Bertz CT molecular complexity index is 764. The van der Waals surface area contributed by atoms with Gasteiger partial charge in [-0.05, 0) is 36.2 Å². The molecule has 0 aliphatic rings. The first-order valence-corrected chi connectivity index (χ1v) is 9.04. The van der Waals surface area contributed by atoms with Crippen molar-refractivity contribution in [2.45, 2.75) is 24.1 Å². The molecule has 0 aliphatic heterocycles. The molecule has 22 heavy (non-hydrogen) atoms. The number of carbonyl (C=O) groups excluding carboxylic acids is 1. The minimum absolute atomic E-state index is 0.237. The number of hydrogen-bond donors (Lipinski definition) is 1. The van der Waals surface area contributed by atoms with Crippen molar-refractivity contribution in [1.29, 1.82) is 0 Å². The Balaban J connectivity index is 2.16. The molecular formula is C15H18N2O3S2. The number of amides is 1. The second-order valence-electron chi connectivity index (χ2n) is 4.90. The van der Waals surface area contributed by atoms with Crippen molar-refractivity contribution in [3.8, 4) is 0 Å². The van der Waals surface area contributed by atoms with E-state index < -0.39 is 15.9 Å².